The summed E-state index contributed by atoms with van der Waals surface area (Å²) in [5.74, 6) is 0.420. The number of pyridine rings is 1. The van der Waals surface area contributed by atoms with Crippen molar-refractivity contribution >= 4 is 29.6 Å². The summed E-state index contributed by atoms with van der Waals surface area (Å²) >= 11 is 0. The number of rotatable bonds is 6. The van der Waals surface area contributed by atoms with Crippen LogP contribution in [0.3, 0.4) is 0 Å². The first-order chi connectivity index (χ1) is 14.5. The molecular weight excluding hydrogens is 380 g/mol. The minimum atomic E-state index is -0.363. The molecule has 158 valence electrons. The summed E-state index contributed by atoms with van der Waals surface area (Å²) in [6.45, 7) is 5.53. The number of anilines is 2. The van der Waals surface area contributed by atoms with E-state index >= 15 is 0 Å². The van der Waals surface area contributed by atoms with E-state index in [2.05, 4.69) is 15.6 Å². The third-order valence-corrected chi connectivity index (χ3v) is 4.92. The fourth-order valence-electron chi connectivity index (χ4n) is 3.22. The van der Waals surface area contributed by atoms with Gasteiger partial charge < -0.3 is 20.3 Å². The molecule has 2 heterocycles. The number of ether oxygens (including phenoxy) is 1. The second-order valence-electron chi connectivity index (χ2n) is 7.26. The Bertz CT molecular complexity index is 870. The van der Waals surface area contributed by atoms with Gasteiger partial charge in [-0.15, -0.1) is 0 Å². The predicted octanol–water partition coefficient (Wildman–Crippen LogP) is 4.07. The van der Waals surface area contributed by atoms with Crippen molar-refractivity contribution in [2.75, 3.05) is 30.3 Å². The third kappa shape index (κ3) is 6.34. The van der Waals surface area contributed by atoms with Crippen LogP contribution in [-0.2, 0) is 9.53 Å². The molecule has 1 fully saturated rings. The molecule has 7 nitrogen and oxygen atoms in total. The molecule has 30 heavy (non-hydrogen) atoms. The van der Waals surface area contributed by atoms with Crippen molar-refractivity contribution < 1.29 is 14.3 Å². The van der Waals surface area contributed by atoms with Crippen LogP contribution in [0.25, 0.3) is 6.08 Å². The fraction of sp³-hybridized carbons (Fsp3) is 0.348. The van der Waals surface area contributed by atoms with E-state index in [1.165, 1.54) is 6.08 Å². The smallest absolute Gasteiger partial charge is 0.330 e. The van der Waals surface area contributed by atoms with Crippen molar-refractivity contribution in [1.29, 1.82) is 0 Å². The third-order valence-electron chi connectivity index (χ3n) is 4.92. The van der Waals surface area contributed by atoms with E-state index in [0.717, 1.165) is 35.5 Å². The number of hydrogen-bond acceptors (Lipinski definition) is 5. The van der Waals surface area contributed by atoms with Crippen LogP contribution in [0.1, 0.15) is 30.9 Å². The second kappa shape index (κ2) is 10.4. The average Bonchev–Trinajstić information content (AvgIpc) is 2.75. The minimum absolute atomic E-state index is 0.0619. The zero-order valence-corrected chi connectivity index (χ0v) is 17.4. The molecule has 1 aromatic heterocycles. The Morgan fingerprint density at radius 1 is 1.17 bits per heavy atom. The Kier molecular flexibility index (Phi) is 7.43. The topological polar surface area (TPSA) is 83.6 Å². The van der Waals surface area contributed by atoms with Gasteiger partial charge in [0.15, 0.2) is 0 Å². The average molecular weight is 409 g/mol. The van der Waals surface area contributed by atoms with Gasteiger partial charge in [-0.2, -0.15) is 0 Å². The Labute approximate surface area is 177 Å². The highest BCUT2D eigenvalue weighted by Gasteiger charge is 2.23. The van der Waals surface area contributed by atoms with E-state index in [4.69, 9.17) is 4.74 Å². The van der Waals surface area contributed by atoms with Crippen LogP contribution in [0.5, 0.6) is 0 Å². The lowest BCUT2D eigenvalue weighted by Crippen LogP contribution is -2.44. The fourth-order valence-corrected chi connectivity index (χ4v) is 3.22. The predicted molar refractivity (Wildman–Crippen MR) is 118 cm³/mol. The van der Waals surface area contributed by atoms with Gasteiger partial charge in [0.2, 0.25) is 0 Å². The zero-order chi connectivity index (χ0) is 21.3. The zero-order valence-electron chi connectivity index (χ0n) is 17.4. The van der Waals surface area contributed by atoms with Gasteiger partial charge in [-0.05, 0) is 62.6 Å². The molecule has 1 aliphatic rings. The quantitative estimate of drug-likeness (QED) is 0.556. The van der Waals surface area contributed by atoms with Crippen molar-refractivity contribution in [3.63, 3.8) is 0 Å². The number of amides is 2. The number of benzene rings is 1. The first kappa shape index (κ1) is 21.4. The lowest BCUT2D eigenvalue weighted by Gasteiger charge is -2.32. The summed E-state index contributed by atoms with van der Waals surface area (Å²) in [7, 11) is 0. The summed E-state index contributed by atoms with van der Waals surface area (Å²) in [5.41, 5.74) is 2.81. The van der Waals surface area contributed by atoms with Crippen molar-refractivity contribution in [1.82, 2.24) is 9.88 Å². The molecule has 3 rings (SSSR count). The van der Waals surface area contributed by atoms with Crippen molar-refractivity contribution in [3.8, 4) is 0 Å². The number of aromatic nitrogens is 1. The number of carbonyl (C=O) groups excluding carboxylic acids is 2. The van der Waals surface area contributed by atoms with Gasteiger partial charge in [0.25, 0.3) is 0 Å². The highest BCUT2D eigenvalue weighted by molar-refractivity contribution is 5.89. The Balaban J connectivity index is 1.44. The maximum Gasteiger partial charge on any atom is 0.330 e. The molecule has 0 bridgehead atoms. The number of piperidine rings is 1. The van der Waals surface area contributed by atoms with E-state index in [1.807, 2.05) is 48.2 Å². The van der Waals surface area contributed by atoms with E-state index in [9.17, 15) is 9.59 Å². The molecule has 0 saturated carbocycles. The van der Waals surface area contributed by atoms with E-state index < -0.39 is 0 Å². The van der Waals surface area contributed by atoms with Crippen LogP contribution in [0.4, 0.5) is 16.3 Å². The molecule has 7 heteroatoms. The standard InChI is InChI=1S/C23H28N4O3/c1-3-30-22(28)11-7-18-6-10-21(24-16-18)25-20-12-14-27(15-13-20)23(29)26-19-8-4-17(2)5-9-19/h4-11,16,20H,3,12-15H2,1-2H3,(H,24,25)(H,26,29)/b11-7+. The molecule has 2 N–H and O–H groups in total. The largest absolute Gasteiger partial charge is 0.463 e. The van der Waals surface area contributed by atoms with Gasteiger partial charge in [0.05, 0.1) is 6.61 Å². The number of nitrogens with zero attached hydrogens (tertiary/aromatic N) is 2. The number of urea groups is 1. The lowest BCUT2D eigenvalue weighted by molar-refractivity contribution is -0.137. The lowest BCUT2D eigenvalue weighted by atomic mass is 10.1. The highest BCUT2D eigenvalue weighted by Crippen LogP contribution is 2.17. The summed E-state index contributed by atoms with van der Waals surface area (Å²) < 4.78 is 4.86. The number of aryl methyl sites for hydroxylation is 1. The number of hydrogen-bond donors (Lipinski definition) is 2. The van der Waals surface area contributed by atoms with Crippen LogP contribution in [-0.4, -0.2) is 47.6 Å². The molecular formula is C23H28N4O3. The number of likely N-dealkylation sites (tertiary alicyclic amines) is 1. The van der Waals surface area contributed by atoms with Crippen molar-refractivity contribution in [3.05, 3.63) is 59.8 Å². The summed E-state index contributed by atoms with van der Waals surface area (Å²) in [4.78, 5) is 30.1. The van der Waals surface area contributed by atoms with Gasteiger partial charge >= 0.3 is 12.0 Å². The molecule has 0 aliphatic carbocycles. The Morgan fingerprint density at radius 3 is 2.53 bits per heavy atom. The van der Waals surface area contributed by atoms with Crippen LogP contribution in [0.2, 0.25) is 0 Å². The molecule has 0 unspecified atom stereocenters. The molecule has 0 radical (unpaired) electrons. The second-order valence-corrected chi connectivity index (χ2v) is 7.26. The maximum absolute atomic E-state index is 12.4. The number of nitrogens with one attached hydrogen (secondary N) is 2. The molecule has 1 aliphatic heterocycles. The number of esters is 1. The van der Waals surface area contributed by atoms with Gasteiger partial charge in [0, 0.05) is 37.1 Å². The highest BCUT2D eigenvalue weighted by atomic mass is 16.5. The van der Waals surface area contributed by atoms with Crippen molar-refractivity contribution in [2.45, 2.75) is 32.7 Å². The minimum Gasteiger partial charge on any atom is -0.463 e. The molecule has 1 saturated heterocycles. The van der Waals surface area contributed by atoms with Gasteiger partial charge in [-0.25, -0.2) is 14.6 Å². The maximum atomic E-state index is 12.4. The Hall–Kier alpha value is -3.35. The van der Waals surface area contributed by atoms with E-state index in [1.54, 1.807) is 19.2 Å². The summed E-state index contributed by atoms with van der Waals surface area (Å²) in [5, 5.41) is 6.38. The van der Waals surface area contributed by atoms with Gasteiger partial charge in [-0.1, -0.05) is 17.7 Å². The van der Waals surface area contributed by atoms with Crippen LogP contribution < -0.4 is 10.6 Å². The van der Waals surface area contributed by atoms with Crippen LogP contribution in [0.15, 0.2) is 48.7 Å². The van der Waals surface area contributed by atoms with E-state index in [-0.39, 0.29) is 18.0 Å². The van der Waals surface area contributed by atoms with E-state index in [0.29, 0.717) is 19.7 Å². The van der Waals surface area contributed by atoms with Gasteiger partial charge in [-0.3, -0.25) is 0 Å². The molecule has 0 spiro atoms. The number of carbonyl (C=O) groups is 2. The molecule has 2 aromatic rings. The molecule has 2 amide bonds. The van der Waals surface area contributed by atoms with Crippen LogP contribution >= 0.6 is 0 Å². The summed E-state index contributed by atoms with van der Waals surface area (Å²) in [6.07, 6.45) is 6.49. The first-order valence-electron chi connectivity index (χ1n) is 10.2. The normalized spacial score (nSPS) is 14.5. The Morgan fingerprint density at radius 2 is 1.90 bits per heavy atom. The van der Waals surface area contributed by atoms with Crippen LogP contribution in [0, 0.1) is 6.92 Å². The first-order valence-corrected chi connectivity index (χ1v) is 10.2. The summed E-state index contributed by atoms with van der Waals surface area (Å²) in [6, 6.07) is 11.8. The van der Waals surface area contributed by atoms with Gasteiger partial charge in [0.1, 0.15) is 5.82 Å². The SMILES string of the molecule is CCOC(=O)/C=C/c1ccc(NC2CCN(C(=O)Nc3ccc(C)cc3)CC2)nc1. The molecule has 0 atom stereocenters. The molecule has 1 aromatic carbocycles. The monoisotopic (exact) mass is 408 g/mol. The van der Waals surface area contributed by atoms with Crippen molar-refractivity contribution in [2.24, 2.45) is 0 Å².